The van der Waals surface area contributed by atoms with Gasteiger partial charge in [0.05, 0.1) is 0 Å². The standard InChI is InChI=1S/C24H29N5O2/c1-17-26-22(29-15-14-25-18(29)2)16-24(27-17)31-21-11-9-20(10-12-21)28-23(30)13-8-19-6-4-3-5-7-19/h9-12,14-16,19H,3-8,13H2,1-2H3,(H,28,30). The van der Waals surface area contributed by atoms with Crippen LogP contribution in [-0.2, 0) is 4.79 Å². The van der Waals surface area contributed by atoms with Crippen LogP contribution in [0.5, 0.6) is 11.6 Å². The van der Waals surface area contributed by atoms with Gasteiger partial charge >= 0.3 is 0 Å². The minimum absolute atomic E-state index is 0.0750. The number of nitrogens with one attached hydrogen (secondary N) is 1. The molecule has 1 amide bonds. The van der Waals surface area contributed by atoms with Gasteiger partial charge in [0, 0.05) is 30.6 Å². The molecule has 0 unspecified atom stereocenters. The number of ether oxygens (including phenoxy) is 1. The summed E-state index contributed by atoms with van der Waals surface area (Å²) in [4.78, 5) is 25.3. The van der Waals surface area contributed by atoms with E-state index in [0.717, 1.165) is 17.9 Å². The molecule has 1 N–H and O–H groups in total. The number of carbonyl (C=O) groups excluding carboxylic acids is 1. The number of amides is 1. The molecule has 7 nitrogen and oxygen atoms in total. The van der Waals surface area contributed by atoms with Crippen LogP contribution in [0, 0.1) is 19.8 Å². The van der Waals surface area contributed by atoms with Crippen LogP contribution in [0.4, 0.5) is 5.69 Å². The van der Waals surface area contributed by atoms with Gasteiger partial charge in [0.25, 0.3) is 0 Å². The van der Waals surface area contributed by atoms with Gasteiger partial charge in [-0.1, -0.05) is 32.1 Å². The number of benzene rings is 1. The number of rotatable bonds is 7. The largest absolute Gasteiger partial charge is 0.439 e. The van der Waals surface area contributed by atoms with Crippen molar-refractivity contribution < 1.29 is 9.53 Å². The van der Waals surface area contributed by atoms with E-state index in [0.29, 0.717) is 35.6 Å². The van der Waals surface area contributed by atoms with Crippen molar-refractivity contribution in [3.05, 3.63) is 54.4 Å². The predicted molar refractivity (Wildman–Crippen MR) is 120 cm³/mol. The van der Waals surface area contributed by atoms with Crippen molar-refractivity contribution in [3.8, 4) is 17.4 Å². The highest BCUT2D eigenvalue weighted by molar-refractivity contribution is 5.90. The van der Waals surface area contributed by atoms with Gasteiger partial charge in [0.2, 0.25) is 11.8 Å². The molecule has 2 aromatic heterocycles. The quantitative estimate of drug-likeness (QED) is 0.557. The van der Waals surface area contributed by atoms with Crippen molar-refractivity contribution in [1.82, 2.24) is 19.5 Å². The van der Waals surface area contributed by atoms with Crippen LogP contribution in [0.1, 0.15) is 56.6 Å². The van der Waals surface area contributed by atoms with Crippen LogP contribution in [0.3, 0.4) is 0 Å². The molecule has 7 heteroatoms. The first kappa shape index (κ1) is 21.0. The highest BCUT2D eigenvalue weighted by atomic mass is 16.5. The van der Waals surface area contributed by atoms with Crippen molar-refractivity contribution in [2.24, 2.45) is 5.92 Å². The van der Waals surface area contributed by atoms with Gasteiger partial charge in [0.15, 0.2) is 0 Å². The lowest BCUT2D eigenvalue weighted by Crippen LogP contribution is -2.14. The van der Waals surface area contributed by atoms with E-state index in [-0.39, 0.29) is 5.91 Å². The van der Waals surface area contributed by atoms with E-state index in [2.05, 4.69) is 20.3 Å². The van der Waals surface area contributed by atoms with Crippen molar-refractivity contribution in [2.75, 3.05) is 5.32 Å². The molecule has 162 valence electrons. The zero-order chi connectivity index (χ0) is 21.6. The Labute approximate surface area is 182 Å². The maximum Gasteiger partial charge on any atom is 0.224 e. The van der Waals surface area contributed by atoms with E-state index < -0.39 is 0 Å². The zero-order valence-corrected chi connectivity index (χ0v) is 18.2. The highest BCUT2D eigenvalue weighted by Gasteiger charge is 2.15. The molecule has 1 aromatic carbocycles. The molecular weight excluding hydrogens is 390 g/mol. The fourth-order valence-electron chi connectivity index (χ4n) is 4.08. The Morgan fingerprint density at radius 2 is 1.90 bits per heavy atom. The van der Waals surface area contributed by atoms with Crippen molar-refractivity contribution in [2.45, 2.75) is 58.8 Å². The average molecular weight is 420 g/mol. The molecule has 2 heterocycles. The number of hydrogen-bond acceptors (Lipinski definition) is 5. The van der Waals surface area contributed by atoms with E-state index in [1.165, 1.54) is 32.1 Å². The van der Waals surface area contributed by atoms with Crippen LogP contribution in [-0.4, -0.2) is 25.4 Å². The van der Waals surface area contributed by atoms with Gasteiger partial charge in [0.1, 0.15) is 23.2 Å². The van der Waals surface area contributed by atoms with Crippen molar-refractivity contribution >= 4 is 11.6 Å². The molecule has 1 fully saturated rings. The van der Waals surface area contributed by atoms with Crippen LogP contribution in [0.15, 0.2) is 42.7 Å². The summed E-state index contributed by atoms with van der Waals surface area (Å²) >= 11 is 0. The first-order valence-corrected chi connectivity index (χ1v) is 11.0. The summed E-state index contributed by atoms with van der Waals surface area (Å²) in [5.74, 6) is 4.05. The van der Waals surface area contributed by atoms with E-state index >= 15 is 0 Å². The number of aromatic nitrogens is 4. The lowest BCUT2D eigenvalue weighted by molar-refractivity contribution is -0.116. The van der Waals surface area contributed by atoms with Gasteiger partial charge in [-0.3, -0.25) is 9.36 Å². The van der Waals surface area contributed by atoms with Crippen molar-refractivity contribution in [3.63, 3.8) is 0 Å². The monoisotopic (exact) mass is 419 g/mol. The normalized spacial score (nSPS) is 14.4. The number of carbonyl (C=O) groups is 1. The Morgan fingerprint density at radius 3 is 2.61 bits per heavy atom. The van der Waals surface area contributed by atoms with E-state index in [4.69, 9.17) is 4.74 Å². The van der Waals surface area contributed by atoms with E-state index in [1.807, 2.05) is 48.9 Å². The molecule has 0 bridgehead atoms. The summed E-state index contributed by atoms with van der Waals surface area (Å²) in [7, 11) is 0. The number of hydrogen-bond donors (Lipinski definition) is 1. The number of nitrogens with zero attached hydrogens (tertiary/aromatic N) is 4. The van der Waals surface area contributed by atoms with Gasteiger partial charge in [-0.05, 0) is 50.5 Å². The Kier molecular flexibility index (Phi) is 6.60. The molecule has 0 aliphatic heterocycles. The first-order valence-electron chi connectivity index (χ1n) is 11.0. The molecule has 1 saturated carbocycles. The Morgan fingerprint density at radius 1 is 1.13 bits per heavy atom. The molecule has 0 atom stereocenters. The molecule has 0 radical (unpaired) electrons. The maximum atomic E-state index is 12.3. The smallest absolute Gasteiger partial charge is 0.224 e. The third-order valence-corrected chi connectivity index (χ3v) is 5.74. The molecular formula is C24H29N5O2. The molecule has 4 rings (SSSR count). The lowest BCUT2D eigenvalue weighted by atomic mass is 9.86. The second-order valence-corrected chi connectivity index (χ2v) is 8.17. The zero-order valence-electron chi connectivity index (χ0n) is 18.2. The summed E-state index contributed by atoms with van der Waals surface area (Å²) < 4.78 is 7.81. The highest BCUT2D eigenvalue weighted by Crippen LogP contribution is 2.28. The second-order valence-electron chi connectivity index (χ2n) is 8.17. The number of anilines is 1. The minimum atomic E-state index is 0.0750. The number of imidazole rings is 1. The SMILES string of the molecule is Cc1nc(Oc2ccc(NC(=O)CCC3CCCCC3)cc2)cc(-n2ccnc2C)n1. The van der Waals surface area contributed by atoms with Crippen LogP contribution >= 0.6 is 0 Å². The third-order valence-electron chi connectivity index (χ3n) is 5.74. The molecule has 31 heavy (non-hydrogen) atoms. The summed E-state index contributed by atoms with van der Waals surface area (Å²) in [5.41, 5.74) is 0.773. The Hall–Kier alpha value is -3.22. The van der Waals surface area contributed by atoms with Crippen LogP contribution < -0.4 is 10.1 Å². The summed E-state index contributed by atoms with van der Waals surface area (Å²) in [6, 6.07) is 9.14. The molecule has 3 aromatic rings. The molecule has 1 aliphatic carbocycles. The van der Waals surface area contributed by atoms with Crippen molar-refractivity contribution in [1.29, 1.82) is 0 Å². The second kappa shape index (κ2) is 9.73. The number of aryl methyl sites for hydroxylation is 2. The summed E-state index contributed by atoms with van der Waals surface area (Å²) in [5, 5.41) is 2.99. The predicted octanol–water partition coefficient (Wildman–Crippen LogP) is 5.37. The third kappa shape index (κ3) is 5.69. The summed E-state index contributed by atoms with van der Waals surface area (Å²) in [6.45, 7) is 3.74. The van der Waals surface area contributed by atoms with Gasteiger partial charge < -0.3 is 10.1 Å². The van der Waals surface area contributed by atoms with Crippen LogP contribution in [0.25, 0.3) is 5.82 Å². The maximum absolute atomic E-state index is 12.3. The van der Waals surface area contributed by atoms with Gasteiger partial charge in [-0.25, -0.2) is 9.97 Å². The first-order chi connectivity index (χ1) is 15.1. The fraction of sp³-hybridized carbons (Fsp3) is 0.417. The fourth-order valence-corrected chi connectivity index (χ4v) is 4.08. The molecule has 0 saturated heterocycles. The Bertz CT molecular complexity index is 1020. The molecule has 0 spiro atoms. The Balaban J connectivity index is 1.35. The lowest BCUT2D eigenvalue weighted by Gasteiger charge is -2.21. The molecule has 1 aliphatic rings. The average Bonchev–Trinajstić information content (AvgIpc) is 3.20. The van der Waals surface area contributed by atoms with Gasteiger partial charge in [-0.15, -0.1) is 0 Å². The van der Waals surface area contributed by atoms with E-state index in [9.17, 15) is 4.79 Å². The minimum Gasteiger partial charge on any atom is -0.439 e. The van der Waals surface area contributed by atoms with Gasteiger partial charge in [-0.2, -0.15) is 4.98 Å². The summed E-state index contributed by atoms with van der Waals surface area (Å²) in [6.07, 6.45) is 11.6. The van der Waals surface area contributed by atoms with E-state index in [1.54, 1.807) is 12.3 Å². The topological polar surface area (TPSA) is 81.9 Å². The van der Waals surface area contributed by atoms with Crippen LogP contribution in [0.2, 0.25) is 0 Å².